The van der Waals surface area contributed by atoms with Crippen LogP contribution in [-0.4, -0.2) is 41.0 Å². The molecule has 42 heavy (non-hydrogen) atoms. The Morgan fingerprint density at radius 2 is 1.98 bits per heavy atom. The standard InChI is InChI=1S/C31H26F3N5O2S/c1-3-25(40)38-15-7-9-20(17-38)36-18(2)28-27-26-24(13-14-35-29(26)42-28)39(30(41)37-27)21-10-6-8-19(16-21)22-11-4-5-12-23(22)31(32,33)34/h3-6,8,10-14,16,20,36H,1-2,7,9,15,17H2,(H,37,41)/t20-/m1/s1. The number of benzene rings is 2. The van der Waals surface area contributed by atoms with E-state index in [4.69, 9.17) is 0 Å². The summed E-state index contributed by atoms with van der Waals surface area (Å²) in [6.07, 6.45) is 0.0893. The lowest BCUT2D eigenvalue weighted by Crippen LogP contribution is -2.46. The van der Waals surface area contributed by atoms with Gasteiger partial charge in [0.1, 0.15) is 4.83 Å². The molecule has 214 valence electrons. The number of thiophene rings is 1. The van der Waals surface area contributed by atoms with Crippen molar-refractivity contribution in [1.29, 1.82) is 0 Å². The molecule has 0 saturated carbocycles. The van der Waals surface area contributed by atoms with Crippen molar-refractivity contribution >= 4 is 56.3 Å². The third kappa shape index (κ3) is 4.89. The first-order chi connectivity index (χ1) is 20.2. The summed E-state index contributed by atoms with van der Waals surface area (Å²) in [6, 6.07) is 13.1. The number of pyridine rings is 1. The van der Waals surface area contributed by atoms with E-state index in [1.807, 2.05) is 0 Å². The van der Waals surface area contributed by atoms with Crippen LogP contribution in [0.1, 0.15) is 23.3 Å². The number of hydrogen-bond acceptors (Lipinski definition) is 5. The highest BCUT2D eigenvalue weighted by molar-refractivity contribution is 7.20. The molecule has 0 unspecified atom stereocenters. The summed E-state index contributed by atoms with van der Waals surface area (Å²) < 4.78 is 41.2. The van der Waals surface area contributed by atoms with E-state index in [9.17, 15) is 22.8 Å². The van der Waals surface area contributed by atoms with Crippen LogP contribution in [-0.2, 0) is 11.0 Å². The van der Waals surface area contributed by atoms with Gasteiger partial charge in [-0.15, -0.1) is 11.3 Å². The molecule has 1 saturated heterocycles. The molecular formula is C31H26F3N5O2S. The number of piperidine rings is 1. The largest absolute Gasteiger partial charge is 0.417 e. The topological polar surface area (TPSA) is 77.6 Å². The number of nitrogens with one attached hydrogen (secondary N) is 2. The average Bonchev–Trinajstić information content (AvgIpc) is 3.36. The molecule has 4 aromatic rings. The Morgan fingerprint density at radius 1 is 1.17 bits per heavy atom. The summed E-state index contributed by atoms with van der Waals surface area (Å²) in [6.45, 7) is 9.00. The summed E-state index contributed by atoms with van der Waals surface area (Å²) in [7, 11) is 0. The molecule has 2 aliphatic rings. The Hall–Kier alpha value is -4.64. The molecular weight excluding hydrogens is 563 g/mol. The summed E-state index contributed by atoms with van der Waals surface area (Å²) >= 11 is 1.38. The predicted octanol–water partition coefficient (Wildman–Crippen LogP) is 7.40. The minimum absolute atomic E-state index is 0.0156. The number of amides is 3. The normalized spacial score (nSPS) is 16.7. The maximum absolute atomic E-state index is 13.7. The van der Waals surface area contributed by atoms with Crippen LogP contribution < -0.4 is 15.5 Å². The van der Waals surface area contributed by atoms with Gasteiger partial charge in [-0.05, 0) is 54.3 Å². The molecule has 2 aromatic heterocycles. The third-order valence-electron chi connectivity index (χ3n) is 7.45. The summed E-state index contributed by atoms with van der Waals surface area (Å²) in [5.74, 6) is -0.115. The van der Waals surface area contributed by atoms with E-state index in [0.29, 0.717) is 51.6 Å². The smallest absolute Gasteiger partial charge is 0.380 e. The fourth-order valence-corrected chi connectivity index (χ4v) is 6.64. The fraction of sp³-hybridized carbons (Fsp3) is 0.194. The Kier molecular flexibility index (Phi) is 6.97. The summed E-state index contributed by atoms with van der Waals surface area (Å²) in [5.41, 5.74) is 1.78. The van der Waals surface area contributed by atoms with Crippen LogP contribution in [0.4, 0.5) is 35.0 Å². The second-order valence-electron chi connectivity index (χ2n) is 10.1. The quantitative estimate of drug-likeness (QED) is 0.230. The Balaban J connectivity index is 1.35. The fourth-order valence-electron chi connectivity index (χ4n) is 5.58. The van der Waals surface area contributed by atoms with Gasteiger partial charge in [0.05, 0.1) is 32.9 Å². The molecule has 7 nitrogen and oxygen atoms in total. The number of nitrogens with zero attached hydrogens (tertiary/aromatic N) is 3. The van der Waals surface area contributed by atoms with Crippen LogP contribution in [0.25, 0.3) is 27.0 Å². The summed E-state index contributed by atoms with van der Waals surface area (Å²) in [5, 5.41) is 7.11. The number of likely N-dealkylation sites (tertiary alicyclic amines) is 1. The molecule has 2 aliphatic heterocycles. The second kappa shape index (κ2) is 10.6. The maximum atomic E-state index is 13.7. The molecule has 0 radical (unpaired) electrons. The summed E-state index contributed by atoms with van der Waals surface area (Å²) in [4.78, 5) is 34.8. The van der Waals surface area contributed by atoms with Gasteiger partial charge in [-0.3, -0.25) is 9.69 Å². The number of urea groups is 1. The van der Waals surface area contributed by atoms with Crippen molar-refractivity contribution in [2.75, 3.05) is 23.3 Å². The van der Waals surface area contributed by atoms with E-state index in [1.54, 1.807) is 47.5 Å². The van der Waals surface area contributed by atoms with Crippen molar-refractivity contribution in [3.05, 3.63) is 90.5 Å². The first-order valence-corrected chi connectivity index (χ1v) is 14.1. The van der Waals surface area contributed by atoms with Crippen molar-refractivity contribution in [1.82, 2.24) is 15.2 Å². The lowest BCUT2D eigenvalue weighted by atomic mass is 9.98. The van der Waals surface area contributed by atoms with Gasteiger partial charge in [-0.2, -0.15) is 13.2 Å². The maximum Gasteiger partial charge on any atom is 0.417 e. The Bertz CT molecular complexity index is 1750. The van der Waals surface area contributed by atoms with Crippen LogP contribution in [0.3, 0.4) is 0 Å². The van der Waals surface area contributed by atoms with Gasteiger partial charge < -0.3 is 15.5 Å². The Morgan fingerprint density at radius 3 is 2.76 bits per heavy atom. The zero-order chi connectivity index (χ0) is 29.6. The second-order valence-corrected chi connectivity index (χ2v) is 11.1. The number of halogens is 3. The van der Waals surface area contributed by atoms with Gasteiger partial charge in [-0.1, -0.05) is 43.5 Å². The van der Waals surface area contributed by atoms with E-state index in [-0.39, 0.29) is 17.5 Å². The number of anilines is 3. The number of aromatic nitrogens is 1. The number of rotatable bonds is 6. The first-order valence-electron chi connectivity index (χ1n) is 13.3. The first kappa shape index (κ1) is 27.5. The number of hydrogen-bond donors (Lipinski definition) is 2. The average molecular weight is 590 g/mol. The van der Waals surface area contributed by atoms with Gasteiger partial charge in [-0.25, -0.2) is 9.78 Å². The monoisotopic (exact) mass is 589 g/mol. The van der Waals surface area contributed by atoms with E-state index in [2.05, 4.69) is 28.8 Å². The van der Waals surface area contributed by atoms with Crippen LogP contribution in [0.2, 0.25) is 0 Å². The Labute approximate surface area is 244 Å². The van der Waals surface area contributed by atoms with Crippen LogP contribution in [0.5, 0.6) is 0 Å². The van der Waals surface area contributed by atoms with Crippen LogP contribution >= 0.6 is 11.3 Å². The molecule has 1 atom stereocenters. The van der Waals surface area contributed by atoms with Gasteiger partial charge in [0.25, 0.3) is 0 Å². The molecule has 0 aliphatic carbocycles. The van der Waals surface area contributed by atoms with E-state index in [0.717, 1.165) is 23.8 Å². The zero-order valence-electron chi connectivity index (χ0n) is 22.4. The van der Waals surface area contributed by atoms with E-state index < -0.39 is 17.8 Å². The highest BCUT2D eigenvalue weighted by Crippen LogP contribution is 2.48. The SMILES string of the molecule is C=CC(=O)N1CCC[C@@H](NC(=C)c2sc3nccc4c3c2NC(=O)N4c2cccc(-c3ccccc3C(F)(F)F)c2)C1. The lowest BCUT2D eigenvalue weighted by Gasteiger charge is -2.33. The molecule has 2 N–H and O–H groups in total. The molecule has 2 aromatic carbocycles. The van der Waals surface area contributed by atoms with Crippen LogP contribution in [0.15, 0.2) is 80.0 Å². The molecule has 3 amide bonds. The van der Waals surface area contributed by atoms with Crippen molar-refractivity contribution < 1.29 is 22.8 Å². The minimum atomic E-state index is -4.53. The van der Waals surface area contributed by atoms with Gasteiger partial charge in [0.2, 0.25) is 5.91 Å². The van der Waals surface area contributed by atoms with Crippen molar-refractivity contribution in [3.8, 4) is 11.1 Å². The molecule has 0 spiro atoms. The predicted molar refractivity (Wildman–Crippen MR) is 160 cm³/mol. The van der Waals surface area contributed by atoms with Crippen molar-refractivity contribution in [2.24, 2.45) is 0 Å². The molecule has 4 heterocycles. The van der Waals surface area contributed by atoms with Gasteiger partial charge in [0.15, 0.2) is 0 Å². The van der Waals surface area contributed by atoms with Gasteiger partial charge >= 0.3 is 12.2 Å². The molecule has 6 rings (SSSR count). The van der Waals surface area contributed by atoms with Gasteiger partial charge in [0, 0.05) is 31.0 Å². The molecule has 11 heteroatoms. The highest BCUT2D eigenvalue weighted by atomic mass is 32.1. The molecule has 0 bridgehead atoms. The van der Waals surface area contributed by atoms with Crippen LogP contribution in [0, 0.1) is 0 Å². The number of carbonyl (C=O) groups excluding carboxylic acids is 2. The third-order valence-corrected chi connectivity index (χ3v) is 8.61. The van der Waals surface area contributed by atoms with Crippen molar-refractivity contribution in [2.45, 2.75) is 25.1 Å². The minimum Gasteiger partial charge on any atom is -0.380 e. The van der Waals surface area contributed by atoms with E-state index >= 15 is 0 Å². The molecule has 1 fully saturated rings. The zero-order valence-corrected chi connectivity index (χ0v) is 23.2. The number of alkyl halides is 3. The lowest BCUT2D eigenvalue weighted by molar-refractivity contribution is -0.137. The van der Waals surface area contributed by atoms with Crippen molar-refractivity contribution in [3.63, 3.8) is 0 Å². The highest BCUT2D eigenvalue weighted by Gasteiger charge is 2.35. The number of carbonyl (C=O) groups is 2. The van der Waals surface area contributed by atoms with E-state index in [1.165, 1.54) is 34.4 Å².